The van der Waals surface area contributed by atoms with Gasteiger partial charge in [-0.3, -0.25) is 30.3 Å². The molecule has 0 heterocycles. The van der Waals surface area contributed by atoms with E-state index in [0.29, 0.717) is 24.0 Å². The first-order valence-electron chi connectivity index (χ1n) is 7.32. The van der Waals surface area contributed by atoms with Crippen LogP contribution >= 0.6 is 0 Å². The van der Waals surface area contributed by atoms with Crippen LogP contribution in [-0.2, 0) is 0 Å². The minimum absolute atomic E-state index is 0.000000000000000222. The molecule has 0 saturated carbocycles. The minimum Gasteiger partial charge on any atom is -0.497 e. The van der Waals surface area contributed by atoms with Crippen LogP contribution in [0.25, 0.3) is 0 Å². The molecule has 0 atom stereocenters. The molecule has 25 heavy (non-hydrogen) atoms. The van der Waals surface area contributed by atoms with Crippen LogP contribution in [-0.4, -0.2) is 25.4 Å². The van der Waals surface area contributed by atoms with Crippen LogP contribution in [0.2, 0.25) is 0 Å². The second-order valence-electron chi connectivity index (χ2n) is 6.28. The van der Waals surface area contributed by atoms with E-state index in [1.165, 1.54) is 0 Å². The number of hydrogen-bond donors (Lipinski definition) is 2. The summed E-state index contributed by atoms with van der Waals surface area (Å²) in [6.45, 7) is 10.8. The number of hydrogen-bond acceptors (Lipinski definition) is 8. The fourth-order valence-corrected chi connectivity index (χ4v) is 1.64. The normalized spacial score (nSPS) is 11.0. The SMILES string of the molecule is CC(C)C(C)(N)C(C)C.O=[N+]([O-])c1cc([N+](=O)[O-])c(O)c([N+](=O)[O-])c1. The summed E-state index contributed by atoms with van der Waals surface area (Å²) in [6.07, 6.45) is 0. The van der Waals surface area contributed by atoms with E-state index in [9.17, 15) is 30.3 Å². The zero-order valence-corrected chi connectivity index (χ0v) is 14.6. The summed E-state index contributed by atoms with van der Waals surface area (Å²) in [5.74, 6) is -0.0735. The van der Waals surface area contributed by atoms with E-state index in [0.717, 1.165) is 0 Å². The maximum absolute atomic E-state index is 10.4. The standard InChI is InChI=1S/C8H19N.C6H3N3O7/c1-6(2)8(5,9)7(3)4;10-6-4(8(13)14)1-3(7(11)12)2-5(6)9(15)16/h6-7H,9H2,1-5H3;1-2,10H. The molecule has 0 aromatic heterocycles. The first-order chi connectivity index (χ1) is 11.2. The molecule has 11 nitrogen and oxygen atoms in total. The molecule has 0 unspecified atom stereocenters. The van der Waals surface area contributed by atoms with Gasteiger partial charge in [0.1, 0.15) is 0 Å². The van der Waals surface area contributed by atoms with E-state index < -0.39 is 37.6 Å². The number of benzene rings is 1. The molecule has 1 rings (SSSR count). The third-order valence-electron chi connectivity index (χ3n) is 4.15. The molecule has 0 aliphatic carbocycles. The number of nitro benzene ring substituents is 3. The van der Waals surface area contributed by atoms with E-state index in [2.05, 4.69) is 34.6 Å². The molecule has 0 saturated heterocycles. The van der Waals surface area contributed by atoms with Crippen LogP contribution in [0, 0.1) is 42.2 Å². The van der Waals surface area contributed by atoms with Gasteiger partial charge in [-0.05, 0) is 18.8 Å². The van der Waals surface area contributed by atoms with Crippen molar-refractivity contribution in [2.75, 3.05) is 0 Å². The van der Waals surface area contributed by atoms with Gasteiger partial charge < -0.3 is 10.8 Å². The van der Waals surface area contributed by atoms with Crippen LogP contribution < -0.4 is 5.73 Å². The van der Waals surface area contributed by atoms with E-state index >= 15 is 0 Å². The monoisotopic (exact) mass is 358 g/mol. The Morgan fingerprint density at radius 1 is 0.920 bits per heavy atom. The fourth-order valence-electron chi connectivity index (χ4n) is 1.64. The van der Waals surface area contributed by atoms with Crippen LogP contribution in [0.4, 0.5) is 17.1 Å². The molecule has 0 amide bonds. The van der Waals surface area contributed by atoms with Gasteiger partial charge in [-0.25, -0.2) is 0 Å². The molecule has 0 aliphatic rings. The Hall–Kier alpha value is -2.82. The molecule has 1 aromatic carbocycles. The van der Waals surface area contributed by atoms with Crippen molar-refractivity contribution in [1.82, 2.24) is 0 Å². The summed E-state index contributed by atoms with van der Waals surface area (Å²) in [6, 6.07) is 0.894. The maximum Gasteiger partial charge on any atom is 0.324 e. The van der Waals surface area contributed by atoms with Gasteiger partial charge in [-0.1, -0.05) is 27.7 Å². The molecule has 3 N–H and O–H groups in total. The van der Waals surface area contributed by atoms with Crippen molar-refractivity contribution in [2.24, 2.45) is 17.6 Å². The average Bonchev–Trinajstić information content (AvgIpc) is 2.46. The number of phenolic OH excluding ortho intramolecular Hbond substituents is 1. The van der Waals surface area contributed by atoms with Gasteiger partial charge in [0.2, 0.25) is 0 Å². The molecular formula is C14H22N4O7. The molecule has 11 heteroatoms. The molecular weight excluding hydrogens is 336 g/mol. The lowest BCUT2D eigenvalue weighted by atomic mass is 9.80. The predicted octanol–water partition coefficient (Wildman–Crippen LogP) is 3.13. The molecule has 0 radical (unpaired) electrons. The van der Waals surface area contributed by atoms with Gasteiger partial charge in [0.15, 0.2) is 0 Å². The van der Waals surface area contributed by atoms with Gasteiger partial charge in [-0.15, -0.1) is 0 Å². The highest BCUT2D eigenvalue weighted by Crippen LogP contribution is 2.38. The first kappa shape index (κ1) is 22.2. The van der Waals surface area contributed by atoms with Gasteiger partial charge in [0.25, 0.3) is 11.4 Å². The Bertz CT molecular complexity index is 626. The van der Waals surface area contributed by atoms with E-state index in [1.807, 2.05) is 0 Å². The van der Waals surface area contributed by atoms with Crippen LogP contribution in [0.3, 0.4) is 0 Å². The highest BCUT2D eigenvalue weighted by molar-refractivity contribution is 5.64. The largest absolute Gasteiger partial charge is 0.497 e. The second kappa shape index (κ2) is 8.33. The quantitative estimate of drug-likeness (QED) is 0.595. The highest BCUT2D eigenvalue weighted by atomic mass is 16.6. The van der Waals surface area contributed by atoms with Crippen LogP contribution in [0.1, 0.15) is 34.6 Å². The van der Waals surface area contributed by atoms with Crippen molar-refractivity contribution in [2.45, 2.75) is 40.2 Å². The fraction of sp³-hybridized carbons (Fsp3) is 0.571. The Labute approximate surface area is 143 Å². The average molecular weight is 358 g/mol. The number of aromatic hydroxyl groups is 1. The van der Waals surface area contributed by atoms with Crippen molar-refractivity contribution in [3.63, 3.8) is 0 Å². The zero-order valence-electron chi connectivity index (χ0n) is 14.6. The Morgan fingerprint density at radius 3 is 1.40 bits per heavy atom. The Balaban J connectivity index is 0.000000547. The van der Waals surface area contributed by atoms with E-state index in [1.54, 1.807) is 0 Å². The lowest BCUT2D eigenvalue weighted by Crippen LogP contribution is -2.46. The zero-order chi connectivity index (χ0) is 20.1. The second-order valence-corrected chi connectivity index (χ2v) is 6.28. The minimum atomic E-state index is -1.21. The van der Waals surface area contributed by atoms with Gasteiger partial charge in [0, 0.05) is 5.54 Å². The smallest absolute Gasteiger partial charge is 0.324 e. The molecule has 0 spiro atoms. The van der Waals surface area contributed by atoms with Crippen LogP contribution in [0.5, 0.6) is 5.75 Å². The summed E-state index contributed by atoms with van der Waals surface area (Å²) in [4.78, 5) is 27.8. The molecule has 0 aliphatic heterocycles. The first-order valence-corrected chi connectivity index (χ1v) is 7.32. The number of non-ortho nitro benzene ring substituents is 1. The molecule has 0 fully saturated rings. The summed E-state index contributed by atoms with van der Waals surface area (Å²) in [5.41, 5.74) is 3.00. The number of nitro groups is 3. The van der Waals surface area contributed by atoms with Gasteiger partial charge in [0.05, 0.1) is 26.9 Å². The number of phenols is 1. The number of nitrogens with zero attached hydrogens (tertiary/aromatic N) is 3. The topological polar surface area (TPSA) is 176 Å². The lowest BCUT2D eigenvalue weighted by molar-refractivity contribution is -0.404. The van der Waals surface area contributed by atoms with Crippen molar-refractivity contribution in [3.8, 4) is 5.75 Å². The van der Waals surface area contributed by atoms with Gasteiger partial charge >= 0.3 is 11.4 Å². The highest BCUT2D eigenvalue weighted by Gasteiger charge is 2.30. The number of nitrogens with two attached hydrogens (primary N) is 1. The maximum atomic E-state index is 10.4. The summed E-state index contributed by atoms with van der Waals surface area (Å²) < 4.78 is 0. The van der Waals surface area contributed by atoms with Crippen molar-refractivity contribution in [1.29, 1.82) is 0 Å². The Morgan fingerprint density at radius 2 is 1.24 bits per heavy atom. The van der Waals surface area contributed by atoms with Crippen molar-refractivity contribution < 1.29 is 19.9 Å². The van der Waals surface area contributed by atoms with Crippen LogP contribution in [0.15, 0.2) is 12.1 Å². The van der Waals surface area contributed by atoms with Gasteiger partial charge in [-0.2, -0.15) is 0 Å². The summed E-state index contributed by atoms with van der Waals surface area (Å²) >= 11 is 0. The predicted molar refractivity (Wildman–Crippen MR) is 90.3 cm³/mol. The summed E-state index contributed by atoms with van der Waals surface area (Å²) in [7, 11) is 0. The lowest BCUT2D eigenvalue weighted by Gasteiger charge is -2.33. The molecule has 1 aromatic rings. The third-order valence-corrected chi connectivity index (χ3v) is 4.15. The summed E-state index contributed by atoms with van der Waals surface area (Å²) in [5, 5.41) is 40.2. The van der Waals surface area contributed by atoms with Crippen molar-refractivity contribution in [3.05, 3.63) is 42.5 Å². The van der Waals surface area contributed by atoms with E-state index in [-0.39, 0.29) is 5.54 Å². The van der Waals surface area contributed by atoms with E-state index in [4.69, 9.17) is 10.8 Å². The Kier molecular flexibility index (Phi) is 7.39. The third kappa shape index (κ3) is 5.64. The van der Waals surface area contributed by atoms with Crippen molar-refractivity contribution >= 4 is 17.1 Å². The molecule has 140 valence electrons. The molecule has 0 bridgehead atoms. The number of rotatable bonds is 5.